The van der Waals surface area contributed by atoms with Crippen LogP contribution >= 0.6 is 0 Å². The standard InChI is InChI=1S/C17H16N2O4/c1-19-8-4-6-12(19)14(21)10-18-17(22)16-9-13(20)11-5-2-3-7-15(11)23-16/h2-9,14,21H,10H2,1H3,(H,18,22). The third kappa shape index (κ3) is 3.02. The number of carbonyl (C=O) groups excluding carboxylic acids is 1. The van der Waals surface area contributed by atoms with Crippen LogP contribution in [0, 0.1) is 0 Å². The summed E-state index contributed by atoms with van der Waals surface area (Å²) >= 11 is 0. The van der Waals surface area contributed by atoms with Gasteiger partial charge in [0.05, 0.1) is 5.39 Å². The van der Waals surface area contributed by atoms with Crippen molar-refractivity contribution in [3.63, 3.8) is 0 Å². The van der Waals surface area contributed by atoms with Crippen LogP contribution in [0.25, 0.3) is 11.0 Å². The summed E-state index contributed by atoms with van der Waals surface area (Å²) in [6, 6.07) is 11.5. The highest BCUT2D eigenvalue weighted by Crippen LogP contribution is 2.13. The van der Waals surface area contributed by atoms with Gasteiger partial charge in [-0.05, 0) is 24.3 Å². The number of aliphatic hydroxyl groups is 1. The van der Waals surface area contributed by atoms with Crippen molar-refractivity contribution >= 4 is 16.9 Å². The number of aryl methyl sites for hydroxylation is 1. The van der Waals surface area contributed by atoms with E-state index in [4.69, 9.17) is 4.42 Å². The SMILES string of the molecule is Cn1cccc1C(O)CNC(=O)c1cc(=O)c2ccccc2o1. The monoisotopic (exact) mass is 312 g/mol. The van der Waals surface area contributed by atoms with Gasteiger partial charge in [-0.15, -0.1) is 0 Å². The third-order valence-electron chi connectivity index (χ3n) is 3.64. The first-order valence-corrected chi connectivity index (χ1v) is 7.16. The summed E-state index contributed by atoms with van der Waals surface area (Å²) in [7, 11) is 1.81. The van der Waals surface area contributed by atoms with E-state index in [1.807, 2.05) is 19.3 Å². The highest BCUT2D eigenvalue weighted by atomic mass is 16.3. The molecule has 6 heteroatoms. The number of rotatable bonds is 4. The van der Waals surface area contributed by atoms with Crippen LogP contribution in [-0.4, -0.2) is 22.1 Å². The zero-order chi connectivity index (χ0) is 16.4. The minimum Gasteiger partial charge on any atom is -0.451 e. The maximum atomic E-state index is 12.1. The molecule has 0 saturated heterocycles. The minimum absolute atomic E-state index is 0.0211. The van der Waals surface area contributed by atoms with E-state index >= 15 is 0 Å². The first kappa shape index (κ1) is 15.1. The van der Waals surface area contributed by atoms with E-state index in [1.54, 1.807) is 34.9 Å². The maximum Gasteiger partial charge on any atom is 0.287 e. The van der Waals surface area contributed by atoms with Gasteiger partial charge in [0.2, 0.25) is 0 Å². The summed E-state index contributed by atoms with van der Waals surface area (Å²) in [6.45, 7) is 0.0211. The average molecular weight is 312 g/mol. The van der Waals surface area contributed by atoms with Crippen molar-refractivity contribution in [1.82, 2.24) is 9.88 Å². The zero-order valence-corrected chi connectivity index (χ0v) is 12.5. The van der Waals surface area contributed by atoms with Gasteiger partial charge in [-0.25, -0.2) is 0 Å². The highest BCUT2D eigenvalue weighted by Gasteiger charge is 2.15. The van der Waals surface area contributed by atoms with Crippen LogP contribution in [0.1, 0.15) is 22.4 Å². The van der Waals surface area contributed by atoms with Gasteiger partial charge in [-0.2, -0.15) is 0 Å². The lowest BCUT2D eigenvalue weighted by atomic mass is 10.2. The molecule has 0 bridgehead atoms. The number of carbonyl (C=O) groups is 1. The molecule has 3 rings (SSSR count). The summed E-state index contributed by atoms with van der Waals surface area (Å²) in [6.07, 6.45) is 0.967. The van der Waals surface area contributed by atoms with Gasteiger partial charge in [-0.1, -0.05) is 12.1 Å². The number of hydrogen-bond acceptors (Lipinski definition) is 4. The Morgan fingerprint density at radius 3 is 2.83 bits per heavy atom. The van der Waals surface area contributed by atoms with Crippen molar-refractivity contribution < 1.29 is 14.3 Å². The summed E-state index contributed by atoms with van der Waals surface area (Å²) < 4.78 is 7.22. The summed E-state index contributed by atoms with van der Waals surface area (Å²) in [5, 5.41) is 13.1. The lowest BCUT2D eigenvalue weighted by molar-refractivity contribution is 0.0885. The molecule has 1 atom stereocenters. The molecule has 6 nitrogen and oxygen atoms in total. The van der Waals surface area contributed by atoms with E-state index in [-0.39, 0.29) is 17.7 Å². The van der Waals surface area contributed by atoms with Crippen LogP contribution in [0.5, 0.6) is 0 Å². The minimum atomic E-state index is -0.842. The second-order valence-corrected chi connectivity index (χ2v) is 5.24. The first-order chi connectivity index (χ1) is 11.1. The molecule has 0 aliphatic rings. The van der Waals surface area contributed by atoms with Crippen LogP contribution in [-0.2, 0) is 7.05 Å². The van der Waals surface area contributed by atoms with Crippen LogP contribution in [0.3, 0.4) is 0 Å². The number of hydrogen-bond donors (Lipinski definition) is 2. The number of nitrogens with one attached hydrogen (secondary N) is 1. The molecule has 0 radical (unpaired) electrons. The Balaban J connectivity index is 1.76. The van der Waals surface area contributed by atoms with Gasteiger partial charge in [0, 0.05) is 31.5 Å². The molecule has 2 aromatic heterocycles. The summed E-state index contributed by atoms with van der Waals surface area (Å²) in [5.74, 6) is -0.617. The van der Waals surface area contributed by atoms with E-state index < -0.39 is 12.0 Å². The summed E-state index contributed by atoms with van der Waals surface area (Å²) in [5.41, 5.74) is 0.762. The van der Waals surface area contributed by atoms with E-state index in [0.29, 0.717) is 16.7 Å². The normalized spacial score (nSPS) is 12.3. The Labute approximate surface area is 132 Å². The molecule has 2 N–H and O–H groups in total. The topological polar surface area (TPSA) is 84.5 Å². The molecule has 1 aromatic carbocycles. The first-order valence-electron chi connectivity index (χ1n) is 7.16. The Morgan fingerprint density at radius 2 is 2.09 bits per heavy atom. The smallest absolute Gasteiger partial charge is 0.287 e. The number of amides is 1. The molecule has 23 heavy (non-hydrogen) atoms. The number of aliphatic hydroxyl groups excluding tert-OH is 1. The van der Waals surface area contributed by atoms with Gasteiger partial charge in [-0.3, -0.25) is 9.59 Å². The molecular weight excluding hydrogens is 296 g/mol. The third-order valence-corrected chi connectivity index (χ3v) is 3.64. The number of nitrogens with zero attached hydrogens (tertiary/aromatic N) is 1. The number of aromatic nitrogens is 1. The van der Waals surface area contributed by atoms with Gasteiger partial charge in [0.1, 0.15) is 11.7 Å². The quantitative estimate of drug-likeness (QED) is 0.766. The Bertz CT molecular complexity index is 910. The molecule has 1 unspecified atom stereocenters. The molecule has 0 fully saturated rings. The molecule has 0 saturated carbocycles. The highest BCUT2D eigenvalue weighted by molar-refractivity contribution is 5.93. The van der Waals surface area contributed by atoms with Crippen LogP contribution in [0.2, 0.25) is 0 Å². The van der Waals surface area contributed by atoms with Crippen LogP contribution in [0.4, 0.5) is 0 Å². The van der Waals surface area contributed by atoms with Crippen LogP contribution in [0.15, 0.2) is 57.9 Å². The van der Waals surface area contributed by atoms with Crippen molar-refractivity contribution in [2.24, 2.45) is 7.05 Å². The average Bonchev–Trinajstić information content (AvgIpc) is 2.98. The Kier molecular flexibility index (Phi) is 3.99. The van der Waals surface area contributed by atoms with Crippen molar-refractivity contribution in [3.8, 4) is 0 Å². The molecule has 0 aliphatic heterocycles. The molecule has 2 heterocycles. The number of benzene rings is 1. The van der Waals surface area contributed by atoms with Gasteiger partial charge in [0.25, 0.3) is 5.91 Å². The molecule has 0 spiro atoms. The fourth-order valence-corrected chi connectivity index (χ4v) is 2.42. The van der Waals surface area contributed by atoms with Crippen molar-refractivity contribution in [1.29, 1.82) is 0 Å². The van der Waals surface area contributed by atoms with Gasteiger partial charge >= 0.3 is 0 Å². The Hall–Kier alpha value is -2.86. The maximum absolute atomic E-state index is 12.1. The van der Waals surface area contributed by atoms with Crippen molar-refractivity contribution in [3.05, 3.63) is 70.3 Å². The molecule has 3 aromatic rings. The summed E-state index contributed by atoms with van der Waals surface area (Å²) in [4.78, 5) is 24.1. The van der Waals surface area contributed by atoms with Crippen molar-refractivity contribution in [2.75, 3.05) is 6.54 Å². The number of fused-ring (bicyclic) bond motifs is 1. The molecule has 118 valence electrons. The van der Waals surface area contributed by atoms with Crippen LogP contribution < -0.4 is 10.7 Å². The lowest BCUT2D eigenvalue weighted by Crippen LogP contribution is -2.29. The fraction of sp³-hybridized carbons (Fsp3) is 0.176. The molecular formula is C17H16N2O4. The van der Waals surface area contributed by atoms with Gasteiger partial charge in [0.15, 0.2) is 11.2 Å². The van der Waals surface area contributed by atoms with E-state index in [2.05, 4.69) is 5.32 Å². The predicted octanol–water partition coefficient (Wildman–Crippen LogP) is 1.59. The number of para-hydroxylation sites is 1. The fourth-order valence-electron chi connectivity index (χ4n) is 2.42. The lowest BCUT2D eigenvalue weighted by Gasteiger charge is -2.12. The zero-order valence-electron chi connectivity index (χ0n) is 12.5. The Morgan fingerprint density at radius 1 is 1.30 bits per heavy atom. The predicted molar refractivity (Wildman–Crippen MR) is 85.2 cm³/mol. The van der Waals surface area contributed by atoms with E-state index in [0.717, 1.165) is 6.07 Å². The van der Waals surface area contributed by atoms with E-state index in [1.165, 1.54) is 0 Å². The largest absolute Gasteiger partial charge is 0.451 e. The van der Waals surface area contributed by atoms with Gasteiger partial charge < -0.3 is 19.4 Å². The van der Waals surface area contributed by atoms with Crippen molar-refractivity contribution in [2.45, 2.75) is 6.10 Å². The van der Waals surface area contributed by atoms with E-state index in [9.17, 15) is 14.7 Å². The molecule has 1 amide bonds. The second kappa shape index (κ2) is 6.10. The molecule has 0 aliphatic carbocycles. The second-order valence-electron chi connectivity index (χ2n) is 5.24.